The Hall–Kier alpha value is -2.42. The van der Waals surface area contributed by atoms with E-state index in [2.05, 4.69) is 4.98 Å². The first-order valence-electron chi connectivity index (χ1n) is 11.2. The van der Waals surface area contributed by atoms with Crippen LogP contribution in [0.2, 0.25) is 5.02 Å². The molecular weight excluding hydrogens is 495 g/mol. The maximum absolute atomic E-state index is 13.6. The van der Waals surface area contributed by atoms with Crippen LogP contribution in [0.15, 0.2) is 58.4 Å². The molecule has 7 rings (SSSR count). The first-order chi connectivity index (χ1) is 16.4. The lowest BCUT2D eigenvalue weighted by molar-refractivity contribution is -0.123. The van der Waals surface area contributed by atoms with Crippen molar-refractivity contribution < 1.29 is 14.0 Å². The molecule has 9 heteroatoms. The quantitative estimate of drug-likeness (QED) is 0.495. The first-order valence-corrected chi connectivity index (χ1v) is 13.3. The van der Waals surface area contributed by atoms with E-state index in [-0.39, 0.29) is 57.4 Å². The minimum Gasteiger partial charge on any atom is -0.307 e. The van der Waals surface area contributed by atoms with E-state index in [1.165, 1.54) is 40.5 Å². The van der Waals surface area contributed by atoms with Gasteiger partial charge in [-0.1, -0.05) is 35.1 Å². The molecule has 1 saturated heterocycles. The molecule has 3 heterocycles. The Labute approximate surface area is 207 Å². The van der Waals surface area contributed by atoms with Gasteiger partial charge in [0.05, 0.1) is 22.5 Å². The number of H-pyrrole nitrogens is 1. The van der Waals surface area contributed by atoms with E-state index >= 15 is 0 Å². The zero-order chi connectivity index (χ0) is 23.3. The first kappa shape index (κ1) is 20.9. The molecule has 172 valence electrons. The molecule has 3 fully saturated rings. The highest BCUT2D eigenvalue weighted by atomic mass is 35.5. The van der Waals surface area contributed by atoms with Crippen LogP contribution in [0.1, 0.15) is 22.8 Å². The molecular formula is C25H18ClFN2O3S2. The lowest BCUT2D eigenvalue weighted by Crippen LogP contribution is -2.42. The van der Waals surface area contributed by atoms with Crippen LogP contribution in [-0.2, 0) is 9.59 Å². The molecule has 1 aromatic heterocycles. The number of carbonyl (C=O) groups is 2. The SMILES string of the molecule is O=C1[C@@H]2[C@H]3C[C@@H]([C@@H]2C(=O)N1c1ccc(F)cc1)[C@@H]1[C@@H](c2ccc(Cl)cc2)c2sc(=O)[nH]c2S[C@H]31. The van der Waals surface area contributed by atoms with E-state index < -0.39 is 5.82 Å². The van der Waals surface area contributed by atoms with E-state index in [9.17, 15) is 18.8 Å². The minimum atomic E-state index is -0.406. The van der Waals surface area contributed by atoms with E-state index in [1.54, 1.807) is 11.8 Å². The van der Waals surface area contributed by atoms with Gasteiger partial charge in [-0.3, -0.25) is 19.3 Å². The Morgan fingerprint density at radius 2 is 1.62 bits per heavy atom. The molecule has 3 aromatic rings. The van der Waals surface area contributed by atoms with Crippen LogP contribution < -0.4 is 9.77 Å². The van der Waals surface area contributed by atoms with Gasteiger partial charge in [-0.05, 0) is 66.1 Å². The van der Waals surface area contributed by atoms with Crippen LogP contribution in [-0.4, -0.2) is 22.0 Å². The number of hydrogen-bond acceptors (Lipinski definition) is 5. The molecule has 1 N–H and O–H groups in total. The van der Waals surface area contributed by atoms with Gasteiger partial charge in [-0.25, -0.2) is 4.39 Å². The van der Waals surface area contributed by atoms with Gasteiger partial charge >= 0.3 is 4.87 Å². The molecule has 2 aliphatic heterocycles. The summed E-state index contributed by atoms with van der Waals surface area (Å²) in [6.45, 7) is 0. The summed E-state index contributed by atoms with van der Waals surface area (Å²) in [4.78, 5) is 44.6. The third-order valence-electron chi connectivity index (χ3n) is 8.04. The van der Waals surface area contributed by atoms with E-state index in [0.717, 1.165) is 21.9 Å². The van der Waals surface area contributed by atoms with E-state index in [1.807, 2.05) is 24.3 Å². The van der Waals surface area contributed by atoms with Crippen LogP contribution in [0, 0.1) is 35.4 Å². The summed E-state index contributed by atoms with van der Waals surface area (Å²) in [6, 6.07) is 13.3. The third kappa shape index (κ3) is 2.76. The van der Waals surface area contributed by atoms with Crippen LogP contribution >= 0.6 is 34.7 Å². The van der Waals surface area contributed by atoms with Gasteiger partial charge in [-0.2, -0.15) is 0 Å². The van der Waals surface area contributed by atoms with Gasteiger partial charge in [-0.15, -0.1) is 11.8 Å². The smallest absolute Gasteiger partial charge is 0.305 e. The van der Waals surface area contributed by atoms with Gasteiger partial charge in [0.25, 0.3) is 0 Å². The lowest BCUT2D eigenvalue weighted by Gasteiger charge is -2.43. The van der Waals surface area contributed by atoms with Gasteiger partial charge in [0.2, 0.25) is 11.8 Å². The van der Waals surface area contributed by atoms with Crippen molar-refractivity contribution in [1.82, 2.24) is 4.98 Å². The Bertz CT molecular complexity index is 1400. The average molecular weight is 513 g/mol. The van der Waals surface area contributed by atoms with Gasteiger partial charge in [0.1, 0.15) is 5.82 Å². The van der Waals surface area contributed by atoms with Crippen molar-refractivity contribution in [1.29, 1.82) is 0 Å². The summed E-state index contributed by atoms with van der Waals surface area (Å²) < 4.78 is 13.5. The summed E-state index contributed by atoms with van der Waals surface area (Å²) in [6.07, 6.45) is 0.829. The monoisotopic (exact) mass is 512 g/mol. The van der Waals surface area contributed by atoms with Crippen molar-refractivity contribution in [2.75, 3.05) is 4.90 Å². The zero-order valence-corrected chi connectivity index (χ0v) is 20.0. The van der Waals surface area contributed by atoms with E-state index in [0.29, 0.717) is 10.7 Å². The normalized spacial score (nSPS) is 33.2. The minimum absolute atomic E-state index is 0.0267. The molecule has 2 aliphatic carbocycles. The highest BCUT2D eigenvalue weighted by molar-refractivity contribution is 8.00. The Morgan fingerprint density at radius 3 is 2.32 bits per heavy atom. The molecule has 5 nitrogen and oxygen atoms in total. The second kappa shape index (κ2) is 7.29. The average Bonchev–Trinajstić information content (AvgIpc) is 3.54. The van der Waals surface area contributed by atoms with Crippen molar-refractivity contribution >= 4 is 52.2 Å². The number of halogens is 2. The van der Waals surface area contributed by atoms with Crippen LogP contribution in [0.25, 0.3) is 0 Å². The molecule has 0 radical (unpaired) electrons. The second-order valence-electron chi connectivity index (χ2n) is 9.50. The van der Waals surface area contributed by atoms with Crippen molar-refractivity contribution in [3.05, 3.63) is 79.5 Å². The van der Waals surface area contributed by atoms with Gasteiger partial charge < -0.3 is 4.98 Å². The van der Waals surface area contributed by atoms with Crippen LogP contribution in [0.5, 0.6) is 0 Å². The molecule has 4 aliphatic rings. The fourth-order valence-electron chi connectivity index (χ4n) is 6.90. The number of anilines is 1. The summed E-state index contributed by atoms with van der Waals surface area (Å²) in [5, 5.41) is 1.66. The van der Waals surface area contributed by atoms with E-state index in [4.69, 9.17) is 11.6 Å². The summed E-state index contributed by atoms with van der Waals surface area (Å²) in [5.74, 6) is -1.30. The second-order valence-corrected chi connectivity index (χ2v) is 12.1. The lowest BCUT2D eigenvalue weighted by atomic mass is 9.68. The molecule has 0 unspecified atom stereocenters. The fourth-order valence-corrected chi connectivity index (χ4v) is 9.92. The number of benzene rings is 2. The van der Waals surface area contributed by atoms with Crippen LogP contribution in [0.4, 0.5) is 10.1 Å². The number of imide groups is 1. The Balaban J connectivity index is 1.32. The highest BCUT2D eigenvalue weighted by Gasteiger charge is 2.69. The highest BCUT2D eigenvalue weighted by Crippen LogP contribution is 2.68. The number of aromatic amines is 1. The summed E-state index contributed by atoms with van der Waals surface area (Å²) in [7, 11) is 0. The molecule has 0 spiro atoms. The number of nitrogens with one attached hydrogen (secondary N) is 1. The Morgan fingerprint density at radius 1 is 0.941 bits per heavy atom. The number of aromatic nitrogens is 1. The summed E-state index contributed by atoms with van der Waals surface area (Å²) >= 11 is 9.05. The third-order valence-corrected chi connectivity index (χ3v) is 10.9. The number of rotatable bonds is 2. The predicted octanol–water partition coefficient (Wildman–Crippen LogP) is 4.91. The molecule has 2 bridgehead atoms. The largest absolute Gasteiger partial charge is 0.307 e. The van der Waals surface area contributed by atoms with Gasteiger partial charge in [0, 0.05) is 21.1 Å². The van der Waals surface area contributed by atoms with Crippen molar-refractivity contribution in [3.8, 4) is 0 Å². The van der Waals surface area contributed by atoms with Crippen molar-refractivity contribution in [3.63, 3.8) is 0 Å². The zero-order valence-electron chi connectivity index (χ0n) is 17.6. The summed E-state index contributed by atoms with van der Waals surface area (Å²) in [5.41, 5.74) is 1.51. The molecule has 34 heavy (non-hydrogen) atoms. The standard InChI is InChI=1S/C25H18ClFN2O3S2/c26-11-3-1-10(2-4-11)16-17-14-9-15(20(17)33-22-21(16)34-25(32)28-22)19-18(14)23(30)29(24(19)31)13-7-5-12(27)6-8-13/h1-8,14-20H,9H2,(H,28,32)/t14-,15-,16-,17-,18+,19-,20-/m1/s1. The topological polar surface area (TPSA) is 70.2 Å². The number of thioether (sulfide) groups is 1. The number of carbonyl (C=O) groups excluding carboxylic acids is 2. The maximum atomic E-state index is 13.6. The van der Waals surface area contributed by atoms with Gasteiger partial charge in [0.15, 0.2) is 0 Å². The molecule has 7 atom stereocenters. The number of fused-ring (bicyclic) bond motifs is 9. The Kier molecular flexibility index (Phi) is 4.48. The maximum Gasteiger partial charge on any atom is 0.305 e. The number of nitrogens with zero attached hydrogens (tertiary/aromatic N) is 1. The molecule has 2 aromatic carbocycles. The van der Waals surface area contributed by atoms with Crippen LogP contribution in [0.3, 0.4) is 0 Å². The van der Waals surface area contributed by atoms with Crippen molar-refractivity contribution in [2.45, 2.75) is 22.6 Å². The number of thiazole rings is 1. The molecule has 2 saturated carbocycles. The number of amides is 2. The number of hydrogen-bond donors (Lipinski definition) is 1. The molecule has 2 amide bonds. The van der Waals surface area contributed by atoms with Crippen molar-refractivity contribution in [2.24, 2.45) is 29.6 Å². The fraction of sp³-hybridized carbons (Fsp3) is 0.320. The predicted molar refractivity (Wildman–Crippen MR) is 129 cm³/mol.